The predicted molar refractivity (Wildman–Crippen MR) is 86.0 cm³/mol. The van der Waals surface area contributed by atoms with E-state index in [1.807, 2.05) is 0 Å². The summed E-state index contributed by atoms with van der Waals surface area (Å²) >= 11 is 0. The summed E-state index contributed by atoms with van der Waals surface area (Å²) in [5.74, 6) is 1.25. The number of nitrogens with one attached hydrogen (secondary N) is 1. The molecule has 25 heavy (non-hydrogen) atoms. The molecular formula is C15H17N3O6S. The zero-order valence-corrected chi connectivity index (χ0v) is 14.2. The lowest BCUT2D eigenvalue weighted by molar-refractivity contribution is -0.142. The number of nitrogens with zero attached hydrogens (tertiary/aromatic N) is 2. The Labute approximate surface area is 145 Å². The van der Waals surface area contributed by atoms with Crippen LogP contribution in [0.1, 0.15) is 0 Å². The summed E-state index contributed by atoms with van der Waals surface area (Å²) in [6.45, 7) is -0.886. The molecule has 1 aromatic carbocycles. The molecule has 1 fully saturated rings. The molecule has 1 aliphatic rings. The number of carbonyl (C=O) groups excluding carboxylic acids is 2. The lowest BCUT2D eigenvalue weighted by atomic mass is 10.2. The van der Waals surface area contributed by atoms with Crippen LogP contribution >= 0.6 is 0 Å². The standard InChI is InChI=1S/C15H17N3O6S/c1-3-8-17-9-13(15(20)16-21)18(10-14(17)19)25(22,23)12-6-4-11(24-2)5-7-12/h1,4-7,13,21H,8-10H2,2H3,(H,16,20). The van der Waals surface area contributed by atoms with Crippen molar-refractivity contribution in [2.75, 3.05) is 26.7 Å². The number of hydrogen-bond acceptors (Lipinski definition) is 6. The van der Waals surface area contributed by atoms with E-state index in [1.54, 1.807) is 0 Å². The van der Waals surface area contributed by atoms with Crippen molar-refractivity contribution < 1.29 is 28.0 Å². The highest BCUT2D eigenvalue weighted by Crippen LogP contribution is 2.24. The topological polar surface area (TPSA) is 116 Å². The van der Waals surface area contributed by atoms with Crippen LogP contribution < -0.4 is 10.2 Å². The van der Waals surface area contributed by atoms with Crippen LogP contribution in [-0.4, -0.2) is 67.4 Å². The summed E-state index contributed by atoms with van der Waals surface area (Å²) in [6.07, 6.45) is 5.18. The number of methoxy groups -OCH3 is 1. The molecule has 1 atom stereocenters. The van der Waals surface area contributed by atoms with E-state index >= 15 is 0 Å². The van der Waals surface area contributed by atoms with Gasteiger partial charge < -0.3 is 9.64 Å². The quantitative estimate of drug-likeness (QED) is 0.393. The smallest absolute Gasteiger partial charge is 0.263 e. The Balaban J connectivity index is 2.40. The average Bonchev–Trinajstić information content (AvgIpc) is 2.62. The van der Waals surface area contributed by atoms with E-state index in [2.05, 4.69) is 5.92 Å². The van der Waals surface area contributed by atoms with Crippen LogP contribution in [0.2, 0.25) is 0 Å². The molecule has 9 nitrogen and oxygen atoms in total. The number of benzene rings is 1. The van der Waals surface area contributed by atoms with Crippen molar-refractivity contribution in [2.45, 2.75) is 10.9 Å². The highest BCUT2D eigenvalue weighted by molar-refractivity contribution is 7.89. The molecule has 1 aromatic rings. The molecule has 1 saturated heterocycles. The fraction of sp³-hybridized carbons (Fsp3) is 0.333. The van der Waals surface area contributed by atoms with Gasteiger partial charge in [-0.1, -0.05) is 5.92 Å². The first-order valence-corrected chi connectivity index (χ1v) is 8.60. The maximum absolute atomic E-state index is 12.8. The maximum atomic E-state index is 12.8. The number of amides is 2. The fourth-order valence-corrected chi connectivity index (χ4v) is 3.96. The summed E-state index contributed by atoms with van der Waals surface area (Å²) in [4.78, 5) is 25.1. The van der Waals surface area contributed by atoms with Gasteiger partial charge in [-0.15, -0.1) is 6.42 Å². The molecule has 2 rings (SSSR count). The van der Waals surface area contributed by atoms with E-state index in [-0.39, 0.29) is 18.0 Å². The number of ether oxygens (including phenoxy) is 1. The molecule has 0 saturated carbocycles. The van der Waals surface area contributed by atoms with Crippen molar-refractivity contribution in [3.63, 3.8) is 0 Å². The van der Waals surface area contributed by atoms with Crippen LogP contribution in [0, 0.1) is 12.3 Å². The van der Waals surface area contributed by atoms with E-state index in [1.165, 1.54) is 41.8 Å². The molecule has 0 aromatic heterocycles. The summed E-state index contributed by atoms with van der Waals surface area (Å²) in [7, 11) is -2.72. The summed E-state index contributed by atoms with van der Waals surface area (Å²) in [5, 5.41) is 8.91. The second kappa shape index (κ2) is 7.52. The van der Waals surface area contributed by atoms with Gasteiger partial charge in [0.2, 0.25) is 15.9 Å². The van der Waals surface area contributed by atoms with E-state index in [9.17, 15) is 18.0 Å². The zero-order valence-electron chi connectivity index (χ0n) is 13.4. The Kier molecular flexibility index (Phi) is 5.63. The van der Waals surface area contributed by atoms with E-state index in [0.29, 0.717) is 5.75 Å². The minimum atomic E-state index is -4.16. The van der Waals surface area contributed by atoms with E-state index < -0.39 is 34.4 Å². The molecule has 0 aliphatic carbocycles. The van der Waals surface area contributed by atoms with Gasteiger partial charge in [-0.05, 0) is 24.3 Å². The monoisotopic (exact) mass is 367 g/mol. The average molecular weight is 367 g/mol. The highest BCUT2D eigenvalue weighted by Gasteiger charge is 2.43. The third-order valence-corrected chi connectivity index (χ3v) is 5.61. The van der Waals surface area contributed by atoms with Gasteiger partial charge in [-0.25, -0.2) is 13.9 Å². The van der Waals surface area contributed by atoms with E-state index in [4.69, 9.17) is 16.4 Å². The van der Waals surface area contributed by atoms with Gasteiger partial charge in [0.25, 0.3) is 5.91 Å². The fourth-order valence-electron chi connectivity index (χ4n) is 2.43. The second-order valence-electron chi connectivity index (χ2n) is 5.20. The maximum Gasteiger partial charge on any atom is 0.263 e. The van der Waals surface area contributed by atoms with Gasteiger partial charge >= 0.3 is 0 Å². The summed E-state index contributed by atoms with van der Waals surface area (Å²) < 4.78 is 31.4. The molecule has 134 valence electrons. The van der Waals surface area contributed by atoms with Crippen molar-refractivity contribution in [3.05, 3.63) is 24.3 Å². The van der Waals surface area contributed by atoms with E-state index in [0.717, 1.165) is 4.31 Å². The SMILES string of the molecule is C#CCN1CC(C(=O)NO)N(S(=O)(=O)c2ccc(OC)cc2)CC1=O. The molecule has 0 spiro atoms. The summed E-state index contributed by atoms with van der Waals surface area (Å²) in [6, 6.07) is 4.21. The largest absolute Gasteiger partial charge is 0.497 e. The van der Waals surface area contributed by atoms with Gasteiger partial charge in [0.15, 0.2) is 0 Å². The summed E-state index contributed by atoms with van der Waals surface area (Å²) in [5.41, 5.74) is 1.43. The van der Waals surface area contributed by atoms with Crippen molar-refractivity contribution in [3.8, 4) is 18.1 Å². The van der Waals surface area contributed by atoms with Crippen LogP contribution in [0.25, 0.3) is 0 Å². The zero-order chi connectivity index (χ0) is 18.6. The molecule has 0 radical (unpaired) electrons. The first kappa shape index (κ1) is 18.7. The number of piperazine rings is 1. The number of terminal acetylenes is 1. The minimum Gasteiger partial charge on any atom is -0.497 e. The van der Waals surface area contributed by atoms with Crippen LogP contribution in [0.15, 0.2) is 29.2 Å². The number of sulfonamides is 1. The second-order valence-corrected chi connectivity index (χ2v) is 7.09. The highest BCUT2D eigenvalue weighted by atomic mass is 32.2. The lowest BCUT2D eigenvalue weighted by Crippen LogP contribution is -2.62. The number of hydrogen-bond donors (Lipinski definition) is 2. The Morgan fingerprint density at radius 3 is 2.60 bits per heavy atom. The third kappa shape index (κ3) is 3.74. The van der Waals surface area contributed by atoms with Crippen molar-refractivity contribution in [2.24, 2.45) is 0 Å². The first-order valence-electron chi connectivity index (χ1n) is 7.16. The van der Waals surface area contributed by atoms with Gasteiger partial charge in [0, 0.05) is 6.54 Å². The van der Waals surface area contributed by atoms with Crippen LogP contribution in [0.3, 0.4) is 0 Å². The molecule has 10 heteroatoms. The first-order chi connectivity index (χ1) is 11.8. The number of hydroxylamine groups is 1. The van der Waals surface area contributed by atoms with Crippen LogP contribution in [0.5, 0.6) is 5.75 Å². The molecule has 1 aliphatic heterocycles. The molecule has 1 heterocycles. The third-order valence-electron chi connectivity index (χ3n) is 3.75. The van der Waals surface area contributed by atoms with Gasteiger partial charge in [0.1, 0.15) is 11.8 Å². The number of rotatable bonds is 5. The molecule has 2 N–H and O–H groups in total. The lowest BCUT2D eigenvalue weighted by Gasteiger charge is -2.38. The van der Waals surface area contributed by atoms with Crippen LogP contribution in [-0.2, 0) is 19.6 Å². The molecule has 1 unspecified atom stereocenters. The van der Waals surface area contributed by atoms with Gasteiger partial charge in [-0.3, -0.25) is 14.8 Å². The molecular weight excluding hydrogens is 350 g/mol. The van der Waals surface area contributed by atoms with Crippen LogP contribution in [0.4, 0.5) is 0 Å². The Morgan fingerprint density at radius 1 is 1.44 bits per heavy atom. The molecule has 2 amide bonds. The Hall–Kier alpha value is -2.61. The molecule has 0 bridgehead atoms. The minimum absolute atomic E-state index is 0.0650. The van der Waals surface area contributed by atoms with Crippen molar-refractivity contribution in [1.29, 1.82) is 0 Å². The van der Waals surface area contributed by atoms with Gasteiger partial charge in [0.05, 0.1) is 25.1 Å². The normalized spacial score (nSPS) is 18.5. The number of carbonyl (C=O) groups is 2. The Bertz CT molecular complexity index is 800. The van der Waals surface area contributed by atoms with Crippen molar-refractivity contribution in [1.82, 2.24) is 14.7 Å². The van der Waals surface area contributed by atoms with Crippen molar-refractivity contribution >= 4 is 21.8 Å². The Morgan fingerprint density at radius 2 is 2.08 bits per heavy atom. The predicted octanol–water partition coefficient (Wildman–Crippen LogP) is -0.965. The van der Waals surface area contributed by atoms with Gasteiger partial charge in [-0.2, -0.15) is 4.31 Å².